The molecule has 0 fully saturated rings. The average Bonchev–Trinajstić information content (AvgIpc) is 2.46. The summed E-state index contributed by atoms with van der Waals surface area (Å²) in [6.07, 6.45) is 1.00. The summed E-state index contributed by atoms with van der Waals surface area (Å²) in [5.41, 5.74) is 9.94. The Labute approximate surface area is 108 Å². The van der Waals surface area contributed by atoms with E-state index in [1.54, 1.807) is 5.01 Å². The van der Waals surface area contributed by atoms with Gasteiger partial charge in [-0.2, -0.15) is 0 Å². The van der Waals surface area contributed by atoms with Crippen LogP contribution in [0.25, 0.3) is 0 Å². The van der Waals surface area contributed by atoms with E-state index in [9.17, 15) is 0 Å². The van der Waals surface area contributed by atoms with Gasteiger partial charge in [0.25, 0.3) is 0 Å². The number of rotatable bonds is 4. The van der Waals surface area contributed by atoms with Crippen molar-refractivity contribution < 1.29 is 0 Å². The maximum absolute atomic E-state index is 6.16. The quantitative estimate of drug-likeness (QED) is 0.639. The van der Waals surface area contributed by atoms with Crippen LogP contribution in [0.4, 0.5) is 11.4 Å². The van der Waals surface area contributed by atoms with Crippen LogP contribution in [0.15, 0.2) is 48.5 Å². The third-order valence-electron chi connectivity index (χ3n) is 3.02. The molecule has 0 aliphatic rings. The fourth-order valence-corrected chi connectivity index (χ4v) is 1.91. The monoisotopic (exact) mass is 241 g/mol. The van der Waals surface area contributed by atoms with Gasteiger partial charge in [-0.1, -0.05) is 31.2 Å². The first-order valence-electron chi connectivity index (χ1n) is 6.17. The second kappa shape index (κ2) is 5.67. The number of aryl methyl sites for hydroxylation is 1. The fraction of sp³-hybridized carbons (Fsp3) is 0.200. The predicted molar refractivity (Wildman–Crippen MR) is 76.5 cm³/mol. The number of benzene rings is 2. The highest BCUT2D eigenvalue weighted by molar-refractivity contribution is 5.62. The van der Waals surface area contributed by atoms with E-state index in [0.717, 1.165) is 23.4 Å². The molecule has 18 heavy (non-hydrogen) atoms. The zero-order valence-corrected chi connectivity index (χ0v) is 10.6. The highest BCUT2D eigenvalue weighted by Crippen LogP contribution is 2.23. The summed E-state index contributed by atoms with van der Waals surface area (Å²) in [6, 6.07) is 16.2. The van der Waals surface area contributed by atoms with Crippen LogP contribution in [0.2, 0.25) is 0 Å². The van der Waals surface area contributed by atoms with E-state index < -0.39 is 0 Å². The predicted octanol–water partition coefficient (Wildman–Crippen LogP) is 2.72. The van der Waals surface area contributed by atoms with E-state index in [1.165, 1.54) is 5.56 Å². The van der Waals surface area contributed by atoms with E-state index in [2.05, 4.69) is 19.1 Å². The Bertz CT molecular complexity index is 475. The normalized spacial score (nSPS) is 10.4. The summed E-state index contributed by atoms with van der Waals surface area (Å²) < 4.78 is 0. The maximum atomic E-state index is 6.16. The molecule has 0 saturated carbocycles. The van der Waals surface area contributed by atoms with Crippen molar-refractivity contribution >= 4 is 11.4 Å². The van der Waals surface area contributed by atoms with Crippen LogP contribution >= 0.6 is 0 Å². The molecule has 0 bridgehead atoms. The summed E-state index contributed by atoms with van der Waals surface area (Å²) in [4.78, 5) is 0. The Morgan fingerprint density at radius 3 is 2.06 bits per heavy atom. The number of hydrazine groups is 1. The van der Waals surface area contributed by atoms with Crippen molar-refractivity contribution in [3.05, 3.63) is 59.7 Å². The van der Waals surface area contributed by atoms with Crippen LogP contribution in [0, 0.1) is 0 Å². The van der Waals surface area contributed by atoms with Crippen molar-refractivity contribution in [3.8, 4) is 0 Å². The lowest BCUT2D eigenvalue weighted by Crippen LogP contribution is -2.25. The first-order chi connectivity index (χ1) is 8.74. The Morgan fingerprint density at radius 2 is 1.50 bits per heavy atom. The fourth-order valence-electron chi connectivity index (χ4n) is 1.91. The maximum Gasteiger partial charge on any atom is 0.0578 e. The number of hydrogen-bond donors (Lipinski definition) is 2. The number of nitrogens with zero attached hydrogens (tertiary/aromatic N) is 1. The van der Waals surface area contributed by atoms with E-state index in [-0.39, 0.29) is 0 Å². The summed E-state index contributed by atoms with van der Waals surface area (Å²) in [5.74, 6) is 6.16. The molecule has 0 spiro atoms. The SMILES string of the molecule is CCc1cccc(N(N)c2cccc(CN)c2)c1. The molecule has 4 N–H and O–H groups in total. The molecule has 0 saturated heterocycles. The first-order valence-corrected chi connectivity index (χ1v) is 6.17. The smallest absolute Gasteiger partial charge is 0.0578 e. The minimum absolute atomic E-state index is 0.524. The number of hydrogen-bond acceptors (Lipinski definition) is 3. The Hall–Kier alpha value is -1.84. The van der Waals surface area contributed by atoms with Crippen LogP contribution in [-0.2, 0) is 13.0 Å². The van der Waals surface area contributed by atoms with Gasteiger partial charge in [0.1, 0.15) is 0 Å². The third-order valence-corrected chi connectivity index (χ3v) is 3.02. The number of anilines is 2. The standard InChI is InChI=1S/C15H19N3/c1-2-12-5-3-7-14(9-12)18(17)15-8-4-6-13(10-15)11-16/h3-10H,2,11,16-17H2,1H3. The van der Waals surface area contributed by atoms with Gasteiger partial charge in [0, 0.05) is 6.54 Å². The molecule has 2 aromatic rings. The summed E-state index contributed by atoms with van der Waals surface area (Å²) in [5, 5.41) is 1.69. The number of nitrogens with two attached hydrogens (primary N) is 2. The van der Waals surface area contributed by atoms with Gasteiger partial charge in [0.2, 0.25) is 0 Å². The molecule has 0 atom stereocenters. The molecule has 0 unspecified atom stereocenters. The lowest BCUT2D eigenvalue weighted by atomic mass is 10.1. The molecule has 0 aliphatic heterocycles. The second-order valence-corrected chi connectivity index (χ2v) is 4.27. The van der Waals surface area contributed by atoms with Gasteiger partial charge in [0.15, 0.2) is 0 Å². The minimum Gasteiger partial charge on any atom is -0.326 e. The molecular formula is C15H19N3. The van der Waals surface area contributed by atoms with Gasteiger partial charge in [0.05, 0.1) is 11.4 Å². The van der Waals surface area contributed by atoms with Crippen LogP contribution in [-0.4, -0.2) is 0 Å². The van der Waals surface area contributed by atoms with Gasteiger partial charge < -0.3 is 5.73 Å². The largest absolute Gasteiger partial charge is 0.326 e. The third kappa shape index (κ3) is 2.70. The van der Waals surface area contributed by atoms with Gasteiger partial charge in [-0.05, 0) is 41.8 Å². The summed E-state index contributed by atoms with van der Waals surface area (Å²) in [6.45, 7) is 2.66. The van der Waals surface area contributed by atoms with Crippen molar-refractivity contribution in [1.82, 2.24) is 0 Å². The van der Waals surface area contributed by atoms with Crippen molar-refractivity contribution in [2.45, 2.75) is 19.9 Å². The van der Waals surface area contributed by atoms with Crippen LogP contribution in [0.1, 0.15) is 18.1 Å². The lowest BCUT2D eigenvalue weighted by Gasteiger charge is -2.20. The Morgan fingerprint density at radius 1 is 0.944 bits per heavy atom. The molecule has 2 rings (SSSR count). The second-order valence-electron chi connectivity index (χ2n) is 4.27. The molecule has 0 radical (unpaired) electrons. The van der Waals surface area contributed by atoms with E-state index >= 15 is 0 Å². The molecule has 0 aromatic heterocycles. The van der Waals surface area contributed by atoms with Gasteiger partial charge in [-0.25, -0.2) is 5.84 Å². The topological polar surface area (TPSA) is 55.3 Å². The molecule has 94 valence electrons. The molecule has 0 heterocycles. The zero-order chi connectivity index (χ0) is 13.0. The van der Waals surface area contributed by atoms with Gasteiger partial charge >= 0.3 is 0 Å². The molecule has 3 nitrogen and oxygen atoms in total. The van der Waals surface area contributed by atoms with Crippen molar-refractivity contribution in [2.24, 2.45) is 11.6 Å². The molecule has 2 aromatic carbocycles. The molecule has 0 amide bonds. The molecular weight excluding hydrogens is 222 g/mol. The minimum atomic E-state index is 0.524. The lowest BCUT2D eigenvalue weighted by molar-refractivity contribution is 1.04. The highest BCUT2D eigenvalue weighted by Gasteiger charge is 2.05. The Kier molecular flexibility index (Phi) is 3.97. The zero-order valence-electron chi connectivity index (χ0n) is 10.6. The van der Waals surface area contributed by atoms with Gasteiger partial charge in [-0.3, -0.25) is 5.01 Å². The van der Waals surface area contributed by atoms with Gasteiger partial charge in [-0.15, -0.1) is 0 Å². The highest BCUT2D eigenvalue weighted by atomic mass is 15.4. The molecule has 3 heteroatoms. The van der Waals surface area contributed by atoms with Crippen LogP contribution < -0.4 is 16.6 Å². The van der Waals surface area contributed by atoms with E-state index in [4.69, 9.17) is 11.6 Å². The first kappa shape index (κ1) is 12.6. The summed E-state index contributed by atoms with van der Waals surface area (Å²) in [7, 11) is 0. The summed E-state index contributed by atoms with van der Waals surface area (Å²) >= 11 is 0. The average molecular weight is 241 g/mol. The van der Waals surface area contributed by atoms with Crippen molar-refractivity contribution in [1.29, 1.82) is 0 Å². The van der Waals surface area contributed by atoms with Crippen LogP contribution in [0.5, 0.6) is 0 Å². The van der Waals surface area contributed by atoms with Crippen molar-refractivity contribution in [3.63, 3.8) is 0 Å². The van der Waals surface area contributed by atoms with Crippen LogP contribution in [0.3, 0.4) is 0 Å². The Balaban J connectivity index is 2.31. The van der Waals surface area contributed by atoms with E-state index in [0.29, 0.717) is 6.54 Å². The molecule has 0 aliphatic carbocycles. The van der Waals surface area contributed by atoms with Crippen molar-refractivity contribution in [2.75, 3.05) is 5.01 Å². The van der Waals surface area contributed by atoms with E-state index in [1.807, 2.05) is 36.4 Å².